The van der Waals surface area contributed by atoms with Gasteiger partial charge in [-0.2, -0.15) is 5.26 Å². The van der Waals surface area contributed by atoms with Crippen LogP contribution in [0.4, 0.5) is 4.39 Å². The van der Waals surface area contributed by atoms with Crippen molar-refractivity contribution in [1.29, 1.82) is 5.26 Å². The van der Waals surface area contributed by atoms with Crippen LogP contribution in [0.1, 0.15) is 24.5 Å². The topological polar surface area (TPSA) is 23.8 Å². The fraction of sp³-hybridized carbons (Fsp3) is 0.167. The standard InChI is InChI=1S/C18H14FN/c1-2-4-14-6-8-15(9-7-14)17-11-10-16(5-3-12-20)18(19)13-17/h6-11,13H,2,4H2,1H3. The predicted octanol–water partition coefficient (Wildman–Crippen LogP) is 4.32. The first-order valence-corrected chi connectivity index (χ1v) is 6.53. The molecular formula is C18H14FN. The van der Waals surface area contributed by atoms with Crippen LogP contribution in [0.25, 0.3) is 11.1 Å². The SMILES string of the molecule is CCCc1ccc(-c2ccc(C#CC#N)c(F)c2)cc1. The van der Waals surface area contributed by atoms with Crippen molar-refractivity contribution in [3.05, 3.63) is 59.4 Å². The molecule has 98 valence electrons. The molecule has 2 rings (SSSR count). The summed E-state index contributed by atoms with van der Waals surface area (Å²) in [4.78, 5) is 0. The van der Waals surface area contributed by atoms with E-state index in [0.717, 1.165) is 24.0 Å². The van der Waals surface area contributed by atoms with Crippen molar-refractivity contribution in [1.82, 2.24) is 0 Å². The highest BCUT2D eigenvalue weighted by atomic mass is 19.1. The maximum atomic E-state index is 13.8. The Balaban J connectivity index is 2.29. The van der Waals surface area contributed by atoms with Gasteiger partial charge in [-0.1, -0.05) is 43.7 Å². The third kappa shape index (κ3) is 3.25. The van der Waals surface area contributed by atoms with Crippen LogP contribution >= 0.6 is 0 Å². The Bertz CT molecular complexity index is 697. The monoisotopic (exact) mass is 263 g/mol. The van der Waals surface area contributed by atoms with E-state index in [-0.39, 0.29) is 5.56 Å². The molecule has 2 heteroatoms. The maximum absolute atomic E-state index is 13.8. The molecular weight excluding hydrogens is 249 g/mol. The van der Waals surface area contributed by atoms with Gasteiger partial charge in [0, 0.05) is 5.92 Å². The van der Waals surface area contributed by atoms with E-state index in [2.05, 4.69) is 30.9 Å². The molecule has 20 heavy (non-hydrogen) atoms. The van der Waals surface area contributed by atoms with Crippen LogP contribution in [-0.4, -0.2) is 0 Å². The zero-order valence-corrected chi connectivity index (χ0v) is 11.3. The van der Waals surface area contributed by atoms with Gasteiger partial charge in [-0.25, -0.2) is 4.39 Å². The Morgan fingerprint density at radius 3 is 2.35 bits per heavy atom. The summed E-state index contributed by atoms with van der Waals surface area (Å²) in [5, 5.41) is 8.37. The summed E-state index contributed by atoms with van der Waals surface area (Å²) < 4.78 is 13.8. The smallest absolute Gasteiger partial charge is 0.152 e. The Hall–Kier alpha value is -2.58. The summed E-state index contributed by atoms with van der Waals surface area (Å²) >= 11 is 0. The van der Waals surface area contributed by atoms with Gasteiger partial charge in [-0.15, -0.1) is 0 Å². The molecule has 0 saturated carbocycles. The van der Waals surface area contributed by atoms with Crippen molar-refractivity contribution in [2.75, 3.05) is 0 Å². The van der Waals surface area contributed by atoms with E-state index in [9.17, 15) is 4.39 Å². The van der Waals surface area contributed by atoms with Gasteiger partial charge in [0.25, 0.3) is 0 Å². The van der Waals surface area contributed by atoms with E-state index >= 15 is 0 Å². The van der Waals surface area contributed by atoms with Crippen LogP contribution < -0.4 is 0 Å². The molecule has 0 N–H and O–H groups in total. The number of nitrogens with zero attached hydrogens (tertiary/aromatic N) is 1. The third-order valence-electron chi connectivity index (χ3n) is 3.05. The highest BCUT2D eigenvalue weighted by Gasteiger charge is 2.03. The van der Waals surface area contributed by atoms with E-state index in [1.165, 1.54) is 11.6 Å². The Morgan fingerprint density at radius 2 is 1.75 bits per heavy atom. The molecule has 0 radical (unpaired) electrons. The normalized spacial score (nSPS) is 9.45. The van der Waals surface area contributed by atoms with E-state index in [0.29, 0.717) is 0 Å². The molecule has 0 bridgehead atoms. The molecule has 0 atom stereocenters. The average molecular weight is 263 g/mol. The molecule has 0 aromatic heterocycles. The lowest BCUT2D eigenvalue weighted by Crippen LogP contribution is -1.87. The van der Waals surface area contributed by atoms with Crippen LogP contribution in [0.15, 0.2) is 42.5 Å². The lowest BCUT2D eigenvalue weighted by molar-refractivity contribution is 0.625. The molecule has 0 saturated heterocycles. The lowest BCUT2D eigenvalue weighted by Gasteiger charge is -2.05. The average Bonchev–Trinajstić information content (AvgIpc) is 2.47. The number of halogens is 1. The largest absolute Gasteiger partial charge is 0.206 e. The molecule has 0 heterocycles. The summed E-state index contributed by atoms with van der Waals surface area (Å²) in [6.07, 6.45) is 2.16. The zero-order chi connectivity index (χ0) is 14.4. The summed E-state index contributed by atoms with van der Waals surface area (Å²) in [5.41, 5.74) is 3.32. The van der Waals surface area contributed by atoms with Crippen LogP contribution in [0.2, 0.25) is 0 Å². The van der Waals surface area contributed by atoms with Crippen molar-refractivity contribution in [3.8, 4) is 29.0 Å². The molecule has 0 aliphatic carbocycles. The molecule has 2 aromatic rings. The number of benzene rings is 2. The minimum atomic E-state index is -0.400. The molecule has 1 nitrogen and oxygen atoms in total. The Kier molecular flexibility index (Phi) is 4.53. The van der Waals surface area contributed by atoms with Gasteiger partial charge in [0.1, 0.15) is 5.82 Å². The molecule has 0 fully saturated rings. The second kappa shape index (κ2) is 6.55. The van der Waals surface area contributed by atoms with E-state index in [1.807, 2.05) is 18.2 Å². The van der Waals surface area contributed by atoms with E-state index in [1.54, 1.807) is 12.1 Å². The summed E-state index contributed by atoms with van der Waals surface area (Å²) in [5.74, 6) is 4.28. The third-order valence-corrected chi connectivity index (χ3v) is 3.05. The highest BCUT2D eigenvalue weighted by molar-refractivity contribution is 5.65. The van der Waals surface area contributed by atoms with Gasteiger partial charge < -0.3 is 0 Å². The van der Waals surface area contributed by atoms with Crippen molar-refractivity contribution >= 4 is 0 Å². The summed E-state index contributed by atoms with van der Waals surface area (Å²) in [6, 6.07) is 14.7. The predicted molar refractivity (Wildman–Crippen MR) is 78.3 cm³/mol. The molecule has 0 spiro atoms. The molecule has 0 aliphatic heterocycles. The first-order valence-electron chi connectivity index (χ1n) is 6.53. The second-order valence-corrected chi connectivity index (χ2v) is 4.50. The number of hydrogen-bond donors (Lipinski definition) is 0. The van der Waals surface area contributed by atoms with Crippen molar-refractivity contribution < 1.29 is 4.39 Å². The van der Waals surface area contributed by atoms with Gasteiger partial charge in [-0.3, -0.25) is 0 Å². The fourth-order valence-electron chi connectivity index (χ4n) is 2.04. The Labute approximate surface area is 118 Å². The van der Waals surface area contributed by atoms with Crippen molar-refractivity contribution in [3.63, 3.8) is 0 Å². The quantitative estimate of drug-likeness (QED) is 0.756. The van der Waals surface area contributed by atoms with Gasteiger partial charge in [0.05, 0.1) is 5.56 Å². The summed E-state index contributed by atoms with van der Waals surface area (Å²) in [6.45, 7) is 2.14. The first kappa shape index (κ1) is 13.8. The second-order valence-electron chi connectivity index (χ2n) is 4.50. The lowest BCUT2D eigenvalue weighted by atomic mass is 10.0. The van der Waals surface area contributed by atoms with Crippen LogP contribution in [0.3, 0.4) is 0 Å². The van der Waals surface area contributed by atoms with E-state index in [4.69, 9.17) is 5.26 Å². The van der Waals surface area contributed by atoms with Crippen molar-refractivity contribution in [2.24, 2.45) is 0 Å². The summed E-state index contributed by atoms with van der Waals surface area (Å²) in [7, 11) is 0. The zero-order valence-electron chi connectivity index (χ0n) is 11.3. The molecule has 0 amide bonds. The van der Waals surface area contributed by atoms with Gasteiger partial charge in [-0.05, 0) is 41.2 Å². The molecule has 0 unspecified atom stereocenters. The number of rotatable bonds is 3. The van der Waals surface area contributed by atoms with Crippen LogP contribution in [0.5, 0.6) is 0 Å². The Morgan fingerprint density at radius 1 is 1.05 bits per heavy atom. The van der Waals surface area contributed by atoms with Gasteiger partial charge in [0.2, 0.25) is 0 Å². The minimum absolute atomic E-state index is 0.248. The van der Waals surface area contributed by atoms with Gasteiger partial charge >= 0.3 is 0 Å². The van der Waals surface area contributed by atoms with Gasteiger partial charge in [0.15, 0.2) is 6.07 Å². The molecule has 2 aromatic carbocycles. The van der Waals surface area contributed by atoms with E-state index < -0.39 is 5.82 Å². The van der Waals surface area contributed by atoms with Crippen LogP contribution in [-0.2, 0) is 6.42 Å². The van der Waals surface area contributed by atoms with Crippen LogP contribution in [0, 0.1) is 29.0 Å². The maximum Gasteiger partial charge on any atom is 0.152 e. The highest BCUT2D eigenvalue weighted by Crippen LogP contribution is 2.22. The fourth-order valence-corrected chi connectivity index (χ4v) is 2.04. The first-order chi connectivity index (χ1) is 9.74. The minimum Gasteiger partial charge on any atom is -0.206 e. The number of aryl methyl sites for hydroxylation is 1. The van der Waals surface area contributed by atoms with Crippen molar-refractivity contribution in [2.45, 2.75) is 19.8 Å². The number of hydrogen-bond acceptors (Lipinski definition) is 1. The number of nitriles is 1. The molecule has 0 aliphatic rings.